The lowest BCUT2D eigenvalue weighted by Crippen LogP contribution is -2.57. The Hall–Kier alpha value is -3.18. The summed E-state index contributed by atoms with van der Waals surface area (Å²) < 4.78 is 28.9. The molecule has 0 spiro atoms. The summed E-state index contributed by atoms with van der Waals surface area (Å²) in [7, 11) is 2.82. The molecule has 3 rings (SSSR count). The quantitative estimate of drug-likeness (QED) is 0.751. The molecule has 2 N–H and O–H groups in total. The van der Waals surface area contributed by atoms with Gasteiger partial charge in [-0.25, -0.2) is 8.78 Å². The fourth-order valence-electron chi connectivity index (χ4n) is 3.43. The standard InChI is InChI=1S/C21H19ClF2N4O2/c1-26-19(29)14-6-5-13(10-15(14)23)27-21(8-3-9-21)20(30)28(2)16-7-4-12(11-25)17(22)18(16)24/h4-7,10,27H,3,8-9H2,1-2H3,(H,26,29). The molecular formula is C21H19ClF2N4O2. The highest BCUT2D eigenvalue weighted by Crippen LogP contribution is 2.39. The maximum atomic E-state index is 14.6. The minimum atomic E-state index is -1.04. The number of nitrogens with zero attached hydrogens (tertiary/aromatic N) is 2. The summed E-state index contributed by atoms with van der Waals surface area (Å²) in [6, 6.07) is 8.45. The van der Waals surface area contributed by atoms with Gasteiger partial charge in [0.1, 0.15) is 17.4 Å². The van der Waals surface area contributed by atoms with Crippen LogP contribution >= 0.6 is 11.6 Å². The molecule has 0 bridgehead atoms. The molecule has 0 heterocycles. The molecule has 0 radical (unpaired) electrons. The number of carbonyl (C=O) groups is 2. The Morgan fingerprint density at radius 2 is 1.93 bits per heavy atom. The van der Waals surface area contributed by atoms with Gasteiger partial charge in [-0.3, -0.25) is 9.59 Å². The fraction of sp³-hybridized carbons (Fsp3) is 0.286. The normalized spacial score (nSPS) is 14.3. The number of rotatable bonds is 5. The third-order valence-electron chi connectivity index (χ3n) is 5.29. The number of carbonyl (C=O) groups excluding carboxylic acids is 2. The SMILES string of the molecule is CNC(=O)c1ccc(NC2(C(=O)N(C)c3ccc(C#N)c(Cl)c3F)CCC2)cc1F. The van der Waals surface area contributed by atoms with Gasteiger partial charge in [-0.15, -0.1) is 0 Å². The first kappa shape index (κ1) is 21.5. The van der Waals surface area contributed by atoms with Gasteiger partial charge in [0.2, 0.25) is 0 Å². The monoisotopic (exact) mass is 432 g/mol. The lowest BCUT2D eigenvalue weighted by molar-refractivity contribution is -0.125. The molecule has 1 aliphatic rings. The number of hydrogen-bond donors (Lipinski definition) is 2. The van der Waals surface area contributed by atoms with Crippen molar-refractivity contribution in [1.82, 2.24) is 5.32 Å². The number of hydrogen-bond acceptors (Lipinski definition) is 4. The molecule has 0 aliphatic heterocycles. The average molecular weight is 433 g/mol. The third kappa shape index (κ3) is 3.68. The zero-order chi connectivity index (χ0) is 22.1. The van der Waals surface area contributed by atoms with Gasteiger partial charge in [0.15, 0.2) is 5.82 Å². The third-order valence-corrected chi connectivity index (χ3v) is 5.66. The summed E-state index contributed by atoms with van der Waals surface area (Å²) in [6.07, 6.45) is 1.71. The van der Waals surface area contributed by atoms with Crippen LogP contribution in [0, 0.1) is 23.0 Å². The Balaban J connectivity index is 1.87. The Morgan fingerprint density at radius 3 is 2.47 bits per heavy atom. The summed E-state index contributed by atoms with van der Waals surface area (Å²) in [4.78, 5) is 26.0. The summed E-state index contributed by atoms with van der Waals surface area (Å²) in [5.74, 6) is -2.55. The first-order valence-electron chi connectivity index (χ1n) is 9.20. The van der Waals surface area contributed by atoms with E-state index in [2.05, 4.69) is 10.6 Å². The largest absolute Gasteiger partial charge is 0.371 e. The molecule has 1 saturated carbocycles. The predicted octanol–water partition coefficient (Wildman–Crippen LogP) is 3.85. The highest BCUT2D eigenvalue weighted by atomic mass is 35.5. The molecular weight excluding hydrogens is 414 g/mol. The Labute approximate surface area is 177 Å². The van der Waals surface area contributed by atoms with Gasteiger partial charge in [-0.05, 0) is 49.6 Å². The Kier molecular flexibility index (Phi) is 5.94. The first-order valence-corrected chi connectivity index (χ1v) is 9.58. The Bertz CT molecular complexity index is 1060. The molecule has 2 amide bonds. The second-order valence-electron chi connectivity index (χ2n) is 7.07. The van der Waals surface area contributed by atoms with Gasteiger partial charge < -0.3 is 15.5 Å². The van der Waals surface area contributed by atoms with Crippen LogP contribution in [-0.4, -0.2) is 31.4 Å². The van der Waals surface area contributed by atoms with Crippen molar-refractivity contribution in [2.45, 2.75) is 24.8 Å². The van der Waals surface area contributed by atoms with Crippen molar-refractivity contribution in [1.29, 1.82) is 5.26 Å². The number of nitrogens with one attached hydrogen (secondary N) is 2. The topological polar surface area (TPSA) is 85.2 Å². The van der Waals surface area contributed by atoms with Crippen molar-refractivity contribution < 1.29 is 18.4 Å². The average Bonchev–Trinajstić information content (AvgIpc) is 2.71. The molecule has 2 aromatic carbocycles. The number of likely N-dealkylation sites (N-methyl/N-ethyl adjacent to an activating group) is 1. The second-order valence-corrected chi connectivity index (χ2v) is 7.45. The number of benzene rings is 2. The van der Waals surface area contributed by atoms with Crippen molar-refractivity contribution in [3.05, 3.63) is 58.1 Å². The van der Waals surface area contributed by atoms with Crippen molar-refractivity contribution in [3.63, 3.8) is 0 Å². The molecule has 9 heteroatoms. The number of halogens is 3. The molecule has 0 aromatic heterocycles. The van der Waals surface area contributed by atoms with Crippen LogP contribution in [0.1, 0.15) is 35.2 Å². The van der Waals surface area contributed by atoms with Crippen molar-refractivity contribution >= 4 is 34.8 Å². The summed E-state index contributed by atoms with van der Waals surface area (Å²) in [5, 5.41) is 14.0. The van der Waals surface area contributed by atoms with Crippen LogP contribution in [-0.2, 0) is 4.79 Å². The van der Waals surface area contributed by atoms with Gasteiger partial charge in [0, 0.05) is 19.8 Å². The molecule has 0 atom stereocenters. The lowest BCUT2D eigenvalue weighted by Gasteiger charge is -2.44. The maximum absolute atomic E-state index is 14.6. The van der Waals surface area contributed by atoms with Gasteiger partial charge >= 0.3 is 0 Å². The van der Waals surface area contributed by atoms with Gasteiger partial charge in [-0.1, -0.05) is 11.6 Å². The van der Waals surface area contributed by atoms with Crippen molar-refractivity contribution in [2.75, 3.05) is 24.3 Å². The zero-order valence-electron chi connectivity index (χ0n) is 16.4. The van der Waals surface area contributed by atoms with Crippen LogP contribution in [0.5, 0.6) is 0 Å². The van der Waals surface area contributed by atoms with Crippen LogP contribution in [0.15, 0.2) is 30.3 Å². The van der Waals surface area contributed by atoms with Crippen molar-refractivity contribution in [3.8, 4) is 6.07 Å². The van der Waals surface area contributed by atoms with Crippen LogP contribution in [0.25, 0.3) is 0 Å². The molecule has 1 aliphatic carbocycles. The predicted molar refractivity (Wildman–Crippen MR) is 110 cm³/mol. The minimum Gasteiger partial charge on any atom is -0.371 e. The molecule has 30 heavy (non-hydrogen) atoms. The highest BCUT2D eigenvalue weighted by molar-refractivity contribution is 6.32. The van der Waals surface area contributed by atoms with E-state index in [1.165, 1.54) is 38.4 Å². The van der Waals surface area contributed by atoms with E-state index in [-0.39, 0.29) is 21.8 Å². The van der Waals surface area contributed by atoms with E-state index in [0.717, 1.165) is 17.4 Å². The van der Waals surface area contributed by atoms with Crippen LogP contribution in [0.3, 0.4) is 0 Å². The van der Waals surface area contributed by atoms with Crippen LogP contribution in [0.4, 0.5) is 20.2 Å². The Morgan fingerprint density at radius 1 is 1.23 bits per heavy atom. The molecule has 1 fully saturated rings. The summed E-state index contributed by atoms with van der Waals surface area (Å²) in [5.41, 5.74) is -0.897. The fourth-order valence-corrected chi connectivity index (χ4v) is 3.63. The molecule has 156 valence electrons. The van der Waals surface area contributed by atoms with E-state index >= 15 is 0 Å². The van der Waals surface area contributed by atoms with E-state index in [4.69, 9.17) is 16.9 Å². The lowest BCUT2D eigenvalue weighted by atomic mass is 9.75. The molecule has 6 nitrogen and oxygen atoms in total. The minimum absolute atomic E-state index is 0.0260. The number of amides is 2. The van der Waals surface area contributed by atoms with E-state index < -0.39 is 29.0 Å². The van der Waals surface area contributed by atoms with E-state index in [0.29, 0.717) is 18.5 Å². The second kappa shape index (κ2) is 8.28. The van der Waals surface area contributed by atoms with Gasteiger partial charge in [0.05, 0.1) is 21.8 Å². The number of nitriles is 1. The van der Waals surface area contributed by atoms with Gasteiger partial charge in [0.25, 0.3) is 11.8 Å². The summed E-state index contributed by atoms with van der Waals surface area (Å²) >= 11 is 5.88. The van der Waals surface area contributed by atoms with E-state index in [1.54, 1.807) is 6.07 Å². The van der Waals surface area contributed by atoms with Gasteiger partial charge in [-0.2, -0.15) is 5.26 Å². The van der Waals surface area contributed by atoms with Crippen molar-refractivity contribution in [2.24, 2.45) is 0 Å². The van der Waals surface area contributed by atoms with E-state index in [9.17, 15) is 18.4 Å². The molecule has 0 saturated heterocycles. The summed E-state index contributed by atoms with van der Waals surface area (Å²) in [6.45, 7) is 0. The maximum Gasteiger partial charge on any atom is 0.253 e. The van der Waals surface area contributed by atoms with Crippen LogP contribution < -0.4 is 15.5 Å². The van der Waals surface area contributed by atoms with Crippen LogP contribution in [0.2, 0.25) is 5.02 Å². The smallest absolute Gasteiger partial charge is 0.253 e. The number of anilines is 2. The molecule has 0 unspecified atom stereocenters. The zero-order valence-corrected chi connectivity index (χ0v) is 17.1. The van der Waals surface area contributed by atoms with E-state index in [1.807, 2.05) is 0 Å². The molecule has 2 aromatic rings. The first-order chi connectivity index (χ1) is 14.2. The highest BCUT2D eigenvalue weighted by Gasteiger charge is 2.46.